The molecule has 0 amide bonds. The van der Waals surface area contributed by atoms with Gasteiger partial charge in [-0.2, -0.15) is 18.4 Å². The van der Waals surface area contributed by atoms with Crippen molar-refractivity contribution in [2.24, 2.45) is 5.41 Å². The summed E-state index contributed by atoms with van der Waals surface area (Å²) in [5.41, 5.74) is 2.09. The van der Waals surface area contributed by atoms with Crippen molar-refractivity contribution >= 4 is 14.3 Å². The molecule has 2 fully saturated rings. The quantitative estimate of drug-likeness (QED) is 0.229. The Morgan fingerprint density at radius 3 is 2.29 bits per heavy atom. The lowest BCUT2D eigenvalue weighted by atomic mass is 9.57. The average molecular weight is 685 g/mol. The molecule has 6 rings (SSSR count). The van der Waals surface area contributed by atoms with Gasteiger partial charge in [0.25, 0.3) is 0 Å². The van der Waals surface area contributed by atoms with Crippen molar-refractivity contribution < 1.29 is 36.6 Å². The number of alkyl halides is 3. The highest BCUT2D eigenvalue weighted by Crippen LogP contribution is 2.65. The smallest absolute Gasteiger partial charge is 0.417 e. The minimum atomic E-state index is -4.67. The second-order valence-corrected chi connectivity index (χ2v) is 20.8. The number of hydrogen-bond donors (Lipinski definition) is 0. The molecule has 3 unspecified atom stereocenters. The van der Waals surface area contributed by atoms with Gasteiger partial charge in [-0.1, -0.05) is 47.1 Å². The van der Waals surface area contributed by atoms with Gasteiger partial charge in [0, 0.05) is 55.2 Å². The van der Waals surface area contributed by atoms with Crippen LogP contribution < -0.4 is 0 Å². The number of carbonyl (C=O) groups excluding carboxylic acids is 1. The molecule has 0 N–H and O–H groups in total. The van der Waals surface area contributed by atoms with Gasteiger partial charge < -0.3 is 18.6 Å². The van der Waals surface area contributed by atoms with E-state index in [-0.39, 0.29) is 28.4 Å². The van der Waals surface area contributed by atoms with Crippen LogP contribution in [0.25, 0.3) is 0 Å². The van der Waals surface area contributed by atoms with Crippen molar-refractivity contribution in [3.05, 3.63) is 63.0 Å². The zero-order valence-electron chi connectivity index (χ0n) is 29.3. The topological polar surface area (TPSA) is 90.7 Å². The molecule has 1 aromatic heterocycles. The Bertz CT molecular complexity index is 1650. The number of aromatic nitrogens is 1. The summed E-state index contributed by atoms with van der Waals surface area (Å²) in [6.45, 7) is 17.5. The number of esters is 1. The highest BCUT2D eigenvalue weighted by molar-refractivity contribution is 6.74. The van der Waals surface area contributed by atoms with E-state index in [4.69, 9.17) is 23.6 Å². The second-order valence-electron chi connectivity index (χ2n) is 16.0. The summed E-state index contributed by atoms with van der Waals surface area (Å²) in [5, 5.41) is 9.72. The third kappa shape index (κ3) is 5.70. The monoisotopic (exact) mass is 684 g/mol. The number of carbonyl (C=O) groups is 1. The third-order valence-electron chi connectivity index (χ3n) is 11.6. The van der Waals surface area contributed by atoms with Gasteiger partial charge in [-0.05, 0) is 66.6 Å². The number of ether oxygens (including phenoxy) is 3. The molecular weight excluding hydrogens is 637 g/mol. The molecular formula is C37H47F3N2O5Si. The van der Waals surface area contributed by atoms with Crippen molar-refractivity contribution in [3.63, 3.8) is 0 Å². The molecule has 4 aliphatic rings. The van der Waals surface area contributed by atoms with Gasteiger partial charge in [-0.25, -0.2) is 0 Å². The van der Waals surface area contributed by atoms with Crippen LogP contribution >= 0.6 is 0 Å². The molecule has 1 aromatic carbocycles. The standard InChI is InChI=1S/C37H47F3N2O5Si/c1-21(2)30-28-29(36(14-16-44-17-15-36)46-32(28)23-10-11-25(37(38,39)40)24(18-23)20-41)27-26(47-48(7,8)34(4,5)6)19-35(12-9-13-35)33(31(27)42-30)45-22(3)43/h10-11,18,21,26,32-33H,9,12-17,19H2,1-8H3. The van der Waals surface area contributed by atoms with Crippen molar-refractivity contribution in [2.75, 3.05) is 13.2 Å². The Morgan fingerprint density at radius 2 is 1.77 bits per heavy atom. The first-order chi connectivity index (χ1) is 22.3. The maximum atomic E-state index is 13.9. The first-order valence-electron chi connectivity index (χ1n) is 17.1. The second kappa shape index (κ2) is 11.9. The minimum absolute atomic E-state index is 0.0789. The molecule has 0 bridgehead atoms. The van der Waals surface area contributed by atoms with Crippen LogP contribution in [-0.2, 0) is 35.2 Å². The molecule has 260 valence electrons. The summed E-state index contributed by atoms with van der Waals surface area (Å²) >= 11 is 0. The van der Waals surface area contributed by atoms with Crippen LogP contribution in [0.2, 0.25) is 18.1 Å². The summed E-state index contributed by atoms with van der Waals surface area (Å²) in [7, 11) is -2.36. The molecule has 2 aliphatic carbocycles. The Labute approximate surface area is 282 Å². The van der Waals surface area contributed by atoms with Gasteiger partial charge in [-0.3, -0.25) is 9.78 Å². The van der Waals surface area contributed by atoms with E-state index in [1.807, 2.05) is 13.8 Å². The maximum absolute atomic E-state index is 13.9. The number of fused-ring (bicyclic) bond motifs is 4. The van der Waals surface area contributed by atoms with E-state index in [1.54, 1.807) is 6.07 Å². The van der Waals surface area contributed by atoms with E-state index in [9.17, 15) is 23.2 Å². The predicted octanol–water partition coefficient (Wildman–Crippen LogP) is 9.46. The highest BCUT2D eigenvalue weighted by Gasteiger charge is 2.59. The molecule has 11 heteroatoms. The largest absolute Gasteiger partial charge is 0.455 e. The average Bonchev–Trinajstić information content (AvgIpc) is 3.29. The summed E-state index contributed by atoms with van der Waals surface area (Å²) in [6.07, 6.45) is -1.73. The lowest BCUT2D eigenvalue weighted by Gasteiger charge is -2.54. The molecule has 1 saturated heterocycles. The minimum Gasteiger partial charge on any atom is -0.455 e. The Morgan fingerprint density at radius 1 is 1.10 bits per heavy atom. The van der Waals surface area contributed by atoms with Crippen molar-refractivity contribution in [1.82, 2.24) is 4.98 Å². The molecule has 2 aromatic rings. The van der Waals surface area contributed by atoms with Crippen LogP contribution in [0, 0.1) is 16.7 Å². The number of rotatable bonds is 5. The van der Waals surface area contributed by atoms with Gasteiger partial charge in [-0.15, -0.1) is 0 Å². The summed E-state index contributed by atoms with van der Waals surface area (Å²) in [5.74, 6) is -0.454. The van der Waals surface area contributed by atoms with E-state index < -0.39 is 43.4 Å². The number of pyridine rings is 1. The lowest BCUT2D eigenvalue weighted by molar-refractivity contribution is -0.167. The Balaban J connectivity index is 1.67. The van der Waals surface area contributed by atoms with E-state index in [0.29, 0.717) is 38.0 Å². The molecule has 1 saturated carbocycles. The zero-order valence-corrected chi connectivity index (χ0v) is 30.3. The van der Waals surface area contributed by atoms with Crippen LogP contribution in [0.1, 0.15) is 149 Å². The predicted molar refractivity (Wildman–Crippen MR) is 176 cm³/mol. The normalized spacial score (nSPS) is 24.6. The third-order valence-corrected chi connectivity index (χ3v) is 16.1. The maximum Gasteiger partial charge on any atom is 0.417 e. The fourth-order valence-electron chi connectivity index (χ4n) is 8.03. The van der Waals surface area contributed by atoms with Gasteiger partial charge in [0.15, 0.2) is 8.32 Å². The van der Waals surface area contributed by atoms with Crippen molar-refractivity contribution in [3.8, 4) is 6.07 Å². The van der Waals surface area contributed by atoms with E-state index >= 15 is 0 Å². The van der Waals surface area contributed by atoms with Crippen molar-refractivity contribution in [1.29, 1.82) is 5.26 Å². The summed E-state index contributed by atoms with van der Waals surface area (Å²) in [6, 6.07) is 5.48. The molecule has 7 nitrogen and oxygen atoms in total. The first kappa shape index (κ1) is 35.1. The van der Waals surface area contributed by atoms with Gasteiger partial charge in [0.05, 0.1) is 34.6 Å². The molecule has 2 aliphatic heterocycles. The first-order valence-corrected chi connectivity index (χ1v) is 20.0. The zero-order chi connectivity index (χ0) is 35.0. The number of halogens is 3. The van der Waals surface area contributed by atoms with Crippen LogP contribution in [0.15, 0.2) is 18.2 Å². The lowest BCUT2D eigenvalue weighted by Crippen LogP contribution is -2.49. The number of nitriles is 1. The van der Waals surface area contributed by atoms with Gasteiger partial charge in [0.2, 0.25) is 0 Å². The number of benzene rings is 1. The highest BCUT2D eigenvalue weighted by atomic mass is 28.4. The number of nitrogens with zero attached hydrogens (tertiary/aromatic N) is 2. The summed E-state index contributed by atoms with van der Waals surface area (Å²) < 4.78 is 68.1. The van der Waals surface area contributed by atoms with Crippen LogP contribution in [0.4, 0.5) is 13.2 Å². The fourth-order valence-corrected chi connectivity index (χ4v) is 9.30. The van der Waals surface area contributed by atoms with Gasteiger partial charge in [0.1, 0.15) is 12.2 Å². The van der Waals surface area contributed by atoms with Crippen LogP contribution in [0.5, 0.6) is 0 Å². The fraction of sp³-hybridized carbons (Fsp3) is 0.649. The van der Waals surface area contributed by atoms with E-state index in [0.717, 1.165) is 53.4 Å². The van der Waals surface area contributed by atoms with Crippen molar-refractivity contribution in [2.45, 2.75) is 134 Å². The van der Waals surface area contributed by atoms with Gasteiger partial charge >= 0.3 is 12.1 Å². The number of hydrogen-bond acceptors (Lipinski definition) is 7. The van der Waals surface area contributed by atoms with Crippen LogP contribution in [0.3, 0.4) is 0 Å². The molecule has 2 spiro atoms. The molecule has 3 heterocycles. The SMILES string of the molecule is CC(=O)OC1c2nc(C(C)C)c3c(c2C(O[Si](C)(C)C(C)(C)C)CC12CCC2)C1(CCOCC1)OC3c1ccc(C(F)(F)F)c(C#N)c1. The molecule has 3 atom stereocenters. The Kier molecular flexibility index (Phi) is 8.71. The summed E-state index contributed by atoms with van der Waals surface area (Å²) in [4.78, 5) is 18.1. The van der Waals surface area contributed by atoms with E-state index in [1.165, 1.54) is 19.1 Å². The Hall–Kier alpha value is -2.78. The van der Waals surface area contributed by atoms with Crippen LogP contribution in [-0.4, -0.2) is 32.5 Å². The molecule has 48 heavy (non-hydrogen) atoms. The molecule has 0 radical (unpaired) electrons. The van der Waals surface area contributed by atoms with E-state index in [2.05, 4.69) is 33.9 Å².